The van der Waals surface area contributed by atoms with Gasteiger partial charge in [0.2, 0.25) is 0 Å². The molecule has 2 aromatic carbocycles. The number of nitrogens with one attached hydrogen (secondary N) is 1. The number of rotatable bonds is 5. The highest BCUT2D eigenvalue weighted by Gasteiger charge is 2.05. The second-order valence-corrected chi connectivity index (χ2v) is 5.93. The molecule has 0 unspecified atom stereocenters. The van der Waals surface area contributed by atoms with Gasteiger partial charge in [0.1, 0.15) is 0 Å². The summed E-state index contributed by atoms with van der Waals surface area (Å²) in [5.41, 5.74) is 4.77. The van der Waals surface area contributed by atoms with Crippen LogP contribution in [-0.4, -0.2) is 11.5 Å². The molecule has 0 atom stereocenters. The molecule has 0 bridgehead atoms. The van der Waals surface area contributed by atoms with Crippen LogP contribution in [0.2, 0.25) is 0 Å². The van der Waals surface area contributed by atoms with Gasteiger partial charge in [0.05, 0.1) is 4.92 Å². The zero-order valence-electron chi connectivity index (χ0n) is 12.0. The van der Waals surface area contributed by atoms with Crippen LogP contribution in [0.1, 0.15) is 16.7 Å². The van der Waals surface area contributed by atoms with Crippen LogP contribution in [0.4, 0.5) is 11.4 Å². The van der Waals surface area contributed by atoms with E-state index >= 15 is 0 Å². The van der Waals surface area contributed by atoms with Crippen molar-refractivity contribution >= 4 is 27.3 Å². The van der Waals surface area contributed by atoms with Crippen molar-refractivity contribution in [3.8, 4) is 0 Å². The van der Waals surface area contributed by atoms with Crippen molar-refractivity contribution < 1.29 is 4.92 Å². The van der Waals surface area contributed by atoms with Crippen LogP contribution in [0.3, 0.4) is 0 Å². The summed E-state index contributed by atoms with van der Waals surface area (Å²) in [5, 5.41) is 14.0. The summed E-state index contributed by atoms with van der Waals surface area (Å²) < 4.78 is 1.08. The topological polar surface area (TPSA) is 55.2 Å². The standard InChI is InChI=1S/C16H17BrN2O2/c1-11-9-14(17)10-12(2)16(11)18-8-7-13-3-5-15(6-4-13)19(20)21/h3-6,9-10,18H,7-8H2,1-2H3. The van der Waals surface area contributed by atoms with E-state index < -0.39 is 0 Å². The van der Waals surface area contributed by atoms with Gasteiger partial charge in [-0.25, -0.2) is 0 Å². The molecule has 0 aromatic heterocycles. The lowest BCUT2D eigenvalue weighted by molar-refractivity contribution is -0.384. The summed E-state index contributed by atoms with van der Waals surface area (Å²) in [5.74, 6) is 0. The van der Waals surface area contributed by atoms with Crippen molar-refractivity contribution in [3.05, 3.63) is 67.7 Å². The SMILES string of the molecule is Cc1cc(Br)cc(C)c1NCCc1ccc([N+](=O)[O-])cc1. The number of benzene rings is 2. The monoisotopic (exact) mass is 348 g/mol. The number of nitro groups is 1. The molecule has 1 N–H and O–H groups in total. The average Bonchev–Trinajstić information content (AvgIpc) is 2.42. The Morgan fingerprint density at radius 1 is 1.14 bits per heavy atom. The van der Waals surface area contributed by atoms with Crippen LogP contribution < -0.4 is 5.32 Å². The number of anilines is 1. The van der Waals surface area contributed by atoms with E-state index in [1.807, 2.05) is 0 Å². The molecule has 0 aliphatic rings. The molecule has 0 heterocycles. The van der Waals surface area contributed by atoms with Crippen LogP contribution >= 0.6 is 15.9 Å². The van der Waals surface area contributed by atoms with E-state index in [1.165, 1.54) is 11.1 Å². The predicted molar refractivity (Wildman–Crippen MR) is 88.9 cm³/mol. The minimum atomic E-state index is -0.378. The number of nitro benzene ring substituents is 1. The quantitative estimate of drug-likeness (QED) is 0.633. The van der Waals surface area contributed by atoms with Gasteiger partial charge in [-0.1, -0.05) is 28.1 Å². The Hall–Kier alpha value is -1.88. The molecule has 0 fully saturated rings. The van der Waals surface area contributed by atoms with Crippen LogP contribution in [0.15, 0.2) is 40.9 Å². The van der Waals surface area contributed by atoms with Crippen LogP contribution in [0.5, 0.6) is 0 Å². The summed E-state index contributed by atoms with van der Waals surface area (Å²) in [6.07, 6.45) is 0.826. The maximum atomic E-state index is 10.6. The molecule has 0 saturated carbocycles. The smallest absolute Gasteiger partial charge is 0.269 e. The van der Waals surface area contributed by atoms with Crippen molar-refractivity contribution in [3.63, 3.8) is 0 Å². The van der Waals surface area contributed by atoms with E-state index in [0.29, 0.717) is 0 Å². The molecule has 0 aliphatic carbocycles. The normalized spacial score (nSPS) is 10.4. The lowest BCUT2D eigenvalue weighted by Gasteiger charge is -2.13. The first-order valence-electron chi connectivity index (χ1n) is 6.71. The van der Waals surface area contributed by atoms with Crippen LogP contribution in [0, 0.1) is 24.0 Å². The third kappa shape index (κ3) is 4.04. The van der Waals surface area contributed by atoms with E-state index in [4.69, 9.17) is 0 Å². The summed E-state index contributed by atoms with van der Waals surface area (Å²) in [6, 6.07) is 10.9. The first kappa shape index (κ1) is 15.5. The Morgan fingerprint density at radius 3 is 2.24 bits per heavy atom. The summed E-state index contributed by atoms with van der Waals surface area (Å²) in [4.78, 5) is 10.2. The molecule has 110 valence electrons. The third-order valence-corrected chi connectivity index (χ3v) is 3.82. The first-order valence-corrected chi connectivity index (χ1v) is 7.50. The number of nitrogens with zero attached hydrogens (tertiary/aromatic N) is 1. The minimum Gasteiger partial charge on any atom is -0.384 e. The minimum absolute atomic E-state index is 0.131. The Morgan fingerprint density at radius 2 is 1.71 bits per heavy atom. The molecule has 0 radical (unpaired) electrons. The molecule has 5 heteroatoms. The van der Waals surface area contributed by atoms with Gasteiger partial charge < -0.3 is 5.32 Å². The van der Waals surface area contributed by atoms with Crippen LogP contribution in [0.25, 0.3) is 0 Å². The highest BCUT2D eigenvalue weighted by molar-refractivity contribution is 9.10. The Kier molecular flexibility index (Phi) is 4.96. The fraction of sp³-hybridized carbons (Fsp3) is 0.250. The molecule has 2 rings (SSSR count). The van der Waals surface area contributed by atoms with Crippen molar-refractivity contribution in [1.82, 2.24) is 0 Å². The van der Waals surface area contributed by atoms with Gasteiger partial charge in [0, 0.05) is 28.8 Å². The predicted octanol–water partition coefficient (Wildman–Crippen LogP) is 4.63. The average molecular weight is 349 g/mol. The number of hydrogen-bond acceptors (Lipinski definition) is 3. The number of aryl methyl sites for hydroxylation is 2. The Labute approximate surface area is 132 Å². The fourth-order valence-corrected chi connectivity index (χ4v) is 2.99. The van der Waals surface area contributed by atoms with E-state index in [-0.39, 0.29) is 10.6 Å². The lowest BCUT2D eigenvalue weighted by Crippen LogP contribution is -2.07. The number of halogens is 1. The Balaban J connectivity index is 1.97. The maximum absolute atomic E-state index is 10.6. The number of hydrogen-bond donors (Lipinski definition) is 1. The van der Waals surface area contributed by atoms with Gasteiger partial charge in [-0.2, -0.15) is 0 Å². The molecule has 0 spiro atoms. The molecule has 0 saturated heterocycles. The molecular weight excluding hydrogens is 332 g/mol. The summed E-state index contributed by atoms with van der Waals surface area (Å²) >= 11 is 3.49. The van der Waals surface area contributed by atoms with E-state index in [9.17, 15) is 10.1 Å². The first-order chi connectivity index (χ1) is 9.97. The van der Waals surface area contributed by atoms with Gasteiger partial charge in [0.15, 0.2) is 0 Å². The second-order valence-electron chi connectivity index (χ2n) is 5.01. The largest absolute Gasteiger partial charge is 0.384 e. The molecule has 4 nitrogen and oxygen atoms in total. The van der Waals surface area contributed by atoms with E-state index in [0.717, 1.165) is 28.7 Å². The summed E-state index contributed by atoms with van der Waals surface area (Å²) in [6.45, 7) is 4.94. The van der Waals surface area contributed by atoms with Gasteiger partial charge in [0.25, 0.3) is 5.69 Å². The fourth-order valence-electron chi connectivity index (χ4n) is 2.31. The zero-order valence-corrected chi connectivity index (χ0v) is 13.6. The van der Waals surface area contributed by atoms with Crippen molar-refractivity contribution in [1.29, 1.82) is 0 Å². The van der Waals surface area contributed by atoms with Gasteiger partial charge in [-0.3, -0.25) is 10.1 Å². The molecule has 21 heavy (non-hydrogen) atoms. The zero-order chi connectivity index (χ0) is 15.4. The molecule has 0 amide bonds. The molecule has 0 aliphatic heterocycles. The van der Waals surface area contributed by atoms with E-state index in [2.05, 4.69) is 47.2 Å². The van der Waals surface area contributed by atoms with Crippen LogP contribution in [-0.2, 0) is 6.42 Å². The highest BCUT2D eigenvalue weighted by atomic mass is 79.9. The van der Waals surface area contributed by atoms with Gasteiger partial charge >= 0.3 is 0 Å². The van der Waals surface area contributed by atoms with Crippen molar-refractivity contribution in [2.75, 3.05) is 11.9 Å². The van der Waals surface area contributed by atoms with E-state index in [1.54, 1.807) is 24.3 Å². The lowest BCUT2D eigenvalue weighted by atomic mass is 10.1. The number of non-ortho nitro benzene ring substituents is 1. The highest BCUT2D eigenvalue weighted by Crippen LogP contribution is 2.25. The summed E-state index contributed by atoms with van der Waals surface area (Å²) in [7, 11) is 0. The molecular formula is C16H17BrN2O2. The second kappa shape index (κ2) is 6.72. The third-order valence-electron chi connectivity index (χ3n) is 3.36. The molecule has 2 aromatic rings. The van der Waals surface area contributed by atoms with Gasteiger partial charge in [-0.15, -0.1) is 0 Å². The Bertz CT molecular complexity index is 631. The van der Waals surface area contributed by atoms with Crippen molar-refractivity contribution in [2.45, 2.75) is 20.3 Å². The van der Waals surface area contributed by atoms with Crippen molar-refractivity contribution in [2.24, 2.45) is 0 Å². The maximum Gasteiger partial charge on any atom is 0.269 e. The van der Waals surface area contributed by atoms with Gasteiger partial charge in [-0.05, 0) is 49.1 Å².